The number of likely N-dealkylation sites (tertiary alicyclic amines) is 1. The molecular weight excluding hydrogens is 552 g/mol. The molecule has 0 radical (unpaired) electrons. The molecule has 1 aromatic carbocycles. The zero-order valence-corrected chi connectivity index (χ0v) is 22.6. The van der Waals surface area contributed by atoms with Crippen LogP contribution in [0.4, 0.5) is 0 Å². The first-order valence-corrected chi connectivity index (χ1v) is 14.4. The first-order chi connectivity index (χ1) is 16.7. The van der Waals surface area contributed by atoms with Gasteiger partial charge in [-0.25, -0.2) is 4.79 Å². The van der Waals surface area contributed by atoms with Gasteiger partial charge in [0.15, 0.2) is 0 Å². The molecule has 35 heavy (non-hydrogen) atoms. The van der Waals surface area contributed by atoms with Crippen molar-refractivity contribution in [1.82, 2.24) is 9.88 Å². The smallest absolute Gasteiger partial charge is 0.329 e. The van der Waals surface area contributed by atoms with Crippen molar-refractivity contribution < 1.29 is 19.1 Å². The van der Waals surface area contributed by atoms with Crippen molar-refractivity contribution >= 4 is 56.8 Å². The van der Waals surface area contributed by atoms with Crippen LogP contribution in [0.3, 0.4) is 0 Å². The molecule has 2 aliphatic carbocycles. The second-order valence-electron chi connectivity index (χ2n) is 10.2. The predicted octanol–water partition coefficient (Wildman–Crippen LogP) is 4.01. The lowest BCUT2D eigenvalue weighted by Crippen LogP contribution is -2.45. The summed E-state index contributed by atoms with van der Waals surface area (Å²) in [4.78, 5) is 57.3. The summed E-state index contributed by atoms with van der Waals surface area (Å²) < 4.78 is 6.29. The lowest BCUT2D eigenvalue weighted by Gasteiger charge is -2.43. The number of nitrogens with one attached hydrogen (secondary N) is 1. The maximum Gasteiger partial charge on any atom is 0.329 e. The van der Waals surface area contributed by atoms with E-state index in [1.165, 1.54) is 16.2 Å². The molecule has 3 fully saturated rings. The summed E-state index contributed by atoms with van der Waals surface area (Å²) in [6.07, 6.45) is 0.501. The zero-order valence-electron chi connectivity index (χ0n) is 19.4. The van der Waals surface area contributed by atoms with Crippen molar-refractivity contribution in [3.05, 3.63) is 48.8 Å². The number of nitrogens with zero attached hydrogens (tertiary/aromatic N) is 1. The SMILES string of the molecule is CC(C)OC(=O)C(C)N1C(=O)C2C3CC(C2C1=O)C1C(c2ccc(Br)cc2)c2sc(=O)[nH]c2SC31. The van der Waals surface area contributed by atoms with Crippen LogP contribution in [-0.4, -0.2) is 45.1 Å². The number of carbonyl (C=O) groups excluding carboxylic acids is 3. The highest BCUT2D eigenvalue weighted by Gasteiger charge is 2.70. The van der Waals surface area contributed by atoms with E-state index in [9.17, 15) is 19.2 Å². The van der Waals surface area contributed by atoms with Gasteiger partial charge in [-0.15, -0.1) is 11.8 Å². The average molecular weight is 578 g/mol. The maximum absolute atomic E-state index is 13.7. The van der Waals surface area contributed by atoms with E-state index in [2.05, 4.69) is 33.0 Å². The van der Waals surface area contributed by atoms with E-state index in [0.717, 1.165) is 26.4 Å². The van der Waals surface area contributed by atoms with Crippen molar-refractivity contribution in [2.45, 2.75) is 55.5 Å². The van der Waals surface area contributed by atoms with Crippen LogP contribution < -0.4 is 4.87 Å². The van der Waals surface area contributed by atoms with Crippen molar-refractivity contribution in [1.29, 1.82) is 0 Å². The third-order valence-electron chi connectivity index (χ3n) is 8.07. The maximum atomic E-state index is 13.7. The van der Waals surface area contributed by atoms with Crippen LogP contribution in [0.1, 0.15) is 43.6 Å². The highest BCUT2D eigenvalue weighted by molar-refractivity contribution is 9.10. The van der Waals surface area contributed by atoms with Crippen LogP contribution in [0.2, 0.25) is 0 Å². The summed E-state index contributed by atoms with van der Waals surface area (Å²) in [7, 11) is 0. The number of hydrogen-bond donors (Lipinski definition) is 1. The van der Waals surface area contributed by atoms with E-state index in [-0.39, 0.29) is 51.7 Å². The quantitative estimate of drug-likeness (QED) is 0.436. The Kier molecular flexibility index (Phi) is 5.58. The first-order valence-electron chi connectivity index (χ1n) is 11.9. The van der Waals surface area contributed by atoms with Gasteiger partial charge in [0, 0.05) is 20.5 Å². The van der Waals surface area contributed by atoms with Crippen molar-refractivity contribution in [3.8, 4) is 0 Å². The molecule has 2 aromatic rings. The number of ether oxygens (including phenoxy) is 1. The fourth-order valence-electron chi connectivity index (χ4n) is 6.90. The van der Waals surface area contributed by atoms with Crippen LogP contribution in [-0.2, 0) is 19.1 Å². The van der Waals surface area contributed by atoms with Gasteiger partial charge in [-0.2, -0.15) is 0 Å². The number of benzene rings is 1. The van der Waals surface area contributed by atoms with Crippen LogP contribution in [0.5, 0.6) is 0 Å². The molecule has 8 atom stereocenters. The number of thioether (sulfide) groups is 1. The number of thiazole rings is 1. The fraction of sp³-hybridized carbons (Fsp3) is 0.520. The minimum atomic E-state index is -0.933. The molecular formula is C25H25BrN2O5S2. The number of carbonyl (C=O) groups is 3. The number of halogens is 1. The Bertz CT molecular complexity index is 1290. The van der Waals surface area contributed by atoms with Gasteiger partial charge >= 0.3 is 10.8 Å². The molecule has 10 heteroatoms. The van der Waals surface area contributed by atoms with E-state index in [0.29, 0.717) is 0 Å². The van der Waals surface area contributed by atoms with Gasteiger partial charge in [0.2, 0.25) is 11.8 Å². The first kappa shape index (κ1) is 23.5. The van der Waals surface area contributed by atoms with E-state index in [4.69, 9.17) is 4.74 Å². The van der Waals surface area contributed by atoms with Crippen LogP contribution in [0.15, 0.2) is 38.6 Å². The molecule has 2 aliphatic heterocycles. The standard InChI is InChI=1S/C25H25BrN2O5S2/c1-9(2)33-24(31)10(3)28-22(29)17-13-8-14(18(17)23(28)30)19-16(13)15(11-4-6-12(26)7-5-11)20-21(34-19)27-25(32)35-20/h4-7,9-10,13-19H,8H2,1-3H3,(H,27,32). The highest BCUT2D eigenvalue weighted by Crippen LogP contribution is 2.68. The Hall–Kier alpha value is -1.91. The van der Waals surface area contributed by atoms with E-state index in [1.54, 1.807) is 32.5 Å². The summed E-state index contributed by atoms with van der Waals surface area (Å²) in [5, 5.41) is 1.02. The van der Waals surface area contributed by atoms with E-state index in [1.807, 2.05) is 12.1 Å². The number of rotatable bonds is 4. The van der Waals surface area contributed by atoms with Crippen molar-refractivity contribution in [2.24, 2.45) is 29.6 Å². The lowest BCUT2D eigenvalue weighted by molar-refractivity contribution is -0.161. The molecule has 184 valence electrons. The average Bonchev–Trinajstić information content (AvgIpc) is 3.52. The Morgan fingerprint density at radius 2 is 1.74 bits per heavy atom. The molecule has 2 amide bonds. The van der Waals surface area contributed by atoms with E-state index >= 15 is 0 Å². The predicted molar refractivity (Wildman–Crippen MR) is 135 cm³/mol. The van der Waals surface area contributed by atoms with Gasteiger partial charge < -0.3 is 9.72 Å². The monoisotopic (exact) mass is 576 g/mol. The van der Waals surface area contributed by atoms with Gasteiger partial charge in [-0.05, 0) is 62.6 Å². The minimum Gasteiger partial charge on any atom is -0.461 e. The zero-order chi connectivity index (χ0) is 24.8. The number of H-pyrrole nitrogens is 1. The molecule has 1 N–H and O–H groups in total. The number of hydrogen-bond acceptors (Lipinski definition) is 7. The summed E-state index contributed by atoms with van der Waals surface area (Å²) >= 11 is 6.42. The second-order valence-corrected chi connectivity index (χ2v) is 13.3. The number of fused-ring (bicyclic) bond motifs is 9. The number of aromatic amines is 1. The number of esters is 1. The molecule has 4 aliphatic rings. The normalized spacial score (nSPS) is 33.6. The number of amides is 2. The second kappa shape index (κ2) is 8.31. The number of imide groups is 1. The van der Waals surface area contributed by atoms with Crippen LogP contribution in [0.25, 0.3) is 0 Å². The molecule has 0 spiro atoms. The van der Waals surface area contributed by atoms with Crippen molar-refractivity contribution in [3.63, 3.8) is 0 Å². The van der Waals surface area contributed by atoms with Gasteiger partial charge in [0.25, 0.3) is 0 Å². The van der Waals surface area contributed by atoms with Gasteiger partial charge in [0.05, 0.1) is 23.0 Å². The molecule has 6 rings (SSSR count). The molecule has 2 saturated carbocycles. The van der Waals surface area contributed by atoms with Gasteiger partial charge in [-0.3, -0.25) is 19.3 Å². The summed E-state index contributed by atoms with van der Waals surface area (Å²) in [6, 6.07) is 7.24. The Morgan fingerprint density at radius 1 is 1.09 bits per heavy atom. The third kappa shape index (κ3) is 3.43. The Balaban J connectivity index is 1.38. The molecule has 1 aromatic heterocycles. The van der Waals surface area contributed by atoms with Crippen molar-refractivity contribution in [2.75, 3.05) is 0 Å². The fourth-order valence-corrected chi connectivity index (χ4v) is 10.1. The van der Waals surface area contributed by atoms with Crippen LogP contribution in [0, 0.1) is 29.6 Å². The largest absolute Gasteiger partial charge is 0.461 e. The highest BCUT2D eigenvalue weighted by atomic mass is 79.9. The molecule has 2 bridgehead atoms. The van der Waals surface area contributed by atoms with E-state index < -0.39 is 23.8 Å². The summed E-state index contributed by atoms with van der Waals surface area (Å²) in [6.45, 7) is 5.08. The molecule has 1 saturated heterocycles. The lowest BCUT2D eigenvalue weighted by atomic mass is 9.68. The van der Waals surface area contributed by atoms with Crippen LogP contribution >= 0.6 is 39.0 Å². The summed E-state index contributed by atoms with van der Waals surface area (Å²) in [5.74, 6) is -1.68. The Morgan fingerprint density at radius 3 is 2.40 bits per heavy atom. The minimum absolute atomic E-state index is 0.00969. The third-order valence-corrected chi connectivity index (χ3v) is 11.2. The summed E-state index contributed by atoms with van der Waals surface area (Å²) in [5.41, 5.74) is 1.12. The number of aromatic nitrogens is 1. The molecule has 7 nitrogen and oxygen atoms in total. The Labute approximate surface area is 219 Å². The van der Waals surface area contributed by atoms with Gasteiger partial charge in [-0.1, -0.05) is 39.4 Å². The molecule has 8 unspecified atom stereocenters. The topological polar surface area (TPSA) is 96.5 Å². The molecule has 3 heterocycles. The van der Waals surface area contributed by atoms with Gasteiger partial charge in [0.1, 0.15) is 6.04 Å².